The van der Waals surface area contributed by atoms with E-state index in [4.69, 9.17) is 5.73 Å². The third kappa shape index (κ3) is 2.09. The molecule has 0 bridgehead atoms. The Morgan fingerprint density at radius 1 is 1.38 bits per heavy atom. The number of hydrogen-bond donors (Lipinski definition) is 1. The maximum Gasteiger partial charge on any atom is 0.147 e. The molecule has 0 aliphatic heterocycles. The largest absolute Gasteiger partial charge is 0.398 e. The van der Waals surface area contributed by atoms with Gasteiger partial charge < -0.3 is 5.73 Å². The third-order valence-electron chi connectivity index (χ3n) is 2.39. The van der Waals surface area contributed by atoms with Gasteiger partial charge in [0.1, 0.15) is 11.6 Å². The lowest BCUT2D eigenvalue weighted by molar-refractivity contribution is 0.655. The molecule has 0 aliphatic carbocycles. The summed E-state index contributed by atoms with van der Waals surface area (Å²) in [5.41, 5.74) is 7.67. The van der Waals surface area contributed by atoms with E-state index in [2.05, 4.69) is 26.0 Å². The zero-order valence-electron chi connectivity index (χ0n) is 9.24. The van der Waals surface area contributed by atoms with Crippen molar-refractivity contribution in [2.45, 2.75) is 20.4 Å². The van der Waals surface area contributed by atoms with E-state index < -0.39 is 0 Å². The molecule has 4 nitrogen and oxygen atoms in total. The van der Waals surface area contributed by atoms with Crippen LogP contribution in [0, 0.1) is 13.8 Å². The molecule has 0 aliphatic rings. The molecule has 0 radical (unpaired) electrons. The van der Waals surface area contributed by atoms with Crippen LogP contribution in [0.4, 0.5) is 5.69 Å². The number of aromatic nitrogens is 3. The molecule has 0 atom stereocenters. The van der Waals surface area contributed by atoms with Crippen molar-refractivity contribution in [3.05, 3.63) is 39.9 Å². The zero-order chi connectivity index (χ0) is 11.7. The molecule has 5 heteroatoms. The maximum atomic E-state index is 5.83. The van der Waals surface area contributed by atoms with Crippen molar-refractivity contribution >= 4 is 21.6 Å². The number of aryl methyl sites for hydroxylation is 2. The second-order valence-corrected chi connectivity index (χ2v) is 4.48. The van der Waals surface area contributed by atoms with Crippen LogP contribution >= 0.6 is 15.9 Å². The van der Waals surface area contributed by atoms with E-state index in [-0.39, 0.29) is 0 Å². The van der Waals surface area contributed by atoms with Gasteiger partial charge in [0.25, 0.3) is 0 Å². The fourth-order valence-corrected chi connectivity index (χ4v) is 1.98. The van der Waals surface area contributed by atoms with E-state index in [0.717, 1.165) is 27.4 Å². The number of anilines is 1. The second-order valence-electron chi connectivity index (χ2n) is 3.68. The lowest BCUT2D eigenvalue weighted by Crippen LogP contribution is -2.05. The molecule has 0 saturated carbocycles. The molecule has 84 valence electrons. The minimum Gasteiger partial charge on any atom is -0.398 e. The van der Waals surface area contributed by atoms with Gasteiger partial charge in [-0.2, -0.15) is 5.10 Å². The molecule has 2 N–H and O–H groups in total. The number of nitrogen functional groups attached to an aromatic ring is 1. The van der Waals surface area contributed by atoms with Gasteiger partial charge in [0.2, 0.25) is 0 Å². The Bertz CT molecular complexity index is 519. The van der Waals surface area contributed by atoms with Crippen molar-refractivity contribution in [3.63, 3.8) is 0 Å². The summed E-state index contributed by atoms with van der Waals surface area (Å²) in [6.07, 6.45) is 0. The van der Waals surface area contributed by atoms with Gasteiger partial charge in [-0.1, -0.05) is 12.1 Å². The molecule has 2 rings (SSSR count). The molecular formula is C11H13BrN4. The second kappa shape index (κ2) is 4.25. The Balaban J connectivity index is 2.34. The first kappa shape index (κ1) is 11.1. The minimum atomic E-state index is 0.679. The average molecular weight is 281 g/mol. The molecular weight excluding hydrogens is 268 g/mol. The molecule has 0 saturated heterocycles. The van der Waals surface area contributed by atoms with Crippen LogP contribution in [0.15, 0.2) is 22.7 Å². The van der Waals surface area contributed by atoms with E-state index >= 15 is 0 Å². The highest BCUT2D eigenvalue weighted by Crippen LogP contribution is 2.24. The van der Waals surface area contributed by atoms with Gasteiger partial charge in [-0.25, -0.2) is 9.67 Å². The van der Waals surface area contributed by atoms with Crippen molar-refractivity contribution in [1.82, 2.24) is 14.8 Å². The highest BCUT2D eigenvalue weighted by molar-refractivity contribution is 9.10. The van der Waals surface area contributed by atoms with Gasteiger partial charge in [-0.15, -0.1) is 0 Å². The summed E-state index contributed by atoms with van der Waals surface area (Å²) in [5, 5.41) is 4.32. The predicted octanol–water partition coefficient (Wildman–Crippen LogP) is 2.29. The molecule has 0 unspecified atom stereocenters. The number of nitrogens with two attached hydrogens (primary N) is 1. The van der Waals surface area contributed by atoms with Crippen LogP contribution in [0.1, 0.15) is 17.2 Å². The molecule has 1 aromatic carbocycles. The third-order valence-corrected chi connectivity index (χ3v) is 3.36. The Morgan fingerprint density at radius 2 is 2.12 bits per heavy atom. The fraction of sp³-hybridized carbons (Fsp3) is 0.273. The lowest BCUT2D eigenvalue weighted by Gasteiger charge is -2.07. The summed E-state index contributed by atoms with van der Waals surface area (Å²) in [4.78, 5) is 4.26. The Morgan fingerprint density at radius 3 is 2.75 bits per heavy atom. The van der Waals surface area contributed by atoms with Crippen LogP contribution in [0.25, 0.3) is 0 Å². The summed E-state index contributed by atoms with van der Waals surface area (Å²) >= 11 is 3.48. The Kier molecular flexibility index (Phi) is 2.96. The summed E-state index contributed by atoms with van der Waals surface area (Å²) in [7, 11) is 0. The zero-order valence-corrected chi connectivity index (χ0v) is 10.8. The van der Waals surface area contributed by atoms with E-state index in [0.29, 0.717) is 6.54 Å². The first-order valence-electron chi connectivity index (χ1n) is 4.99. The smallest absolute Gasteiger partial charge is 0.147 e. The Hall–Kier alpha value is -1.36. The van der Waals surface area contributed by atoms with Gasteiger partial charge in [0, 0.05) is 10.2 Å². The Labute approximate surface area is 103 Å². The van der Waals surface area contributed by atoms with Gasteiger partial charge in [-0.05, 0) is 41.4 Å². The molecule has 0 amide bonds. The number of halogens is 1. The molecule has 1 aromatic heterocycles. The van der Waals surface area contributed by atoms with Crippen LogP contribution in [0.5, 0.6) is 0 Å². The van der Waals surface area contributed by atoms with Crippen molar-refractivity contribution < 1.29 is 0 Å². The van der Waals surface area contributed by atoms with Gasteiger partial charge in [0.15, 0.2) is 0 Å². The quantitative estimate of drug-likeness (QED) is 0.859. The number of benzene rings is 1. The van der Waals surface area contributed by atoms with Crippen LogP contribution < -0.4 is 5.73 Å². The monoisotopic (exact) mass is 280 g/mol. The van der Waals surface area contributed by atoms with Crippen LogP contribution in [-0.4, -0.2) is 14.8 Å². The summed E-state index contributed by atoms with van der Waals surface area (Å²) in [6, 6.07) is 5.83. The van der Waals surface area contributed by atoms with Crippen molar-refractivity contribution in [3.8, 4) is 0 Å². The van der Waals surface area contributed by atoms with E-state index in [1.807, 2.05) is 36.7 Å². The first-order valence-corrected chi connectivity index (χ1v) is 5.78. The molecule has 16 heavy (non-hydrogen) atoms. The normalized spacial score (nSPS) is 10.7. The number of nitrogens with zero attached hydrogens (tertiary/aromatic N) is 3. The standard InChI is InChI=1S/C11H13BrN4/c1-7-14-8(2)16(15-7)6-9-4-3-5-10(13)11(9)12/h3-5H,6,13H2,1-2H3. The minimum absolute atomic E-state index is 0.679. The SMILES string of the molecule is Cc1nc(C)n(Cc2cccc(N)c2Br)n1. The van der Waals surface area contributed by atoms with E-state index in [1.54, 1.807) is 0 Å². The maximum absolute atomic E-state index is 5.83. The summed E-state index contributed by atoms with van der Waals surface area (Å²) < 4.78 is 2.80. The number of hydrogen-bond acceptors (Lipinski definition) is 3. The molecule has 1 heterocycles. The van der Waals surface area contributed by atoms with Crippen molar-refractivity contribution in [2.24, 2.45) is 0 Å². The van der Waals surface area contributed by atoms with Crippen LogP contribution in [-0.2, 0) is 6.54 Å². The average Bonchev–Trinajstić information content (AvgIpc) is 2.53. The van der Waals surface area contributed by atoms with Gasteiger partial charge in [-0.3, -0.25) is 0 Å². The van der Waals surface area contributed by atoms with Gasteiger partial charge >= 0.3 is 0 Å². The highest BCUT2D eigenvalue weighted by atomic mass is 79.9. The van der Waals surface area contributed by atoms with Crippen LogP contribution in [0.3, 0.4) is 0 Å². The fourth-order valence-electron chi connectivity index (χ4n) is 1.59. The van der Waals surface area contributed by atoms with Crippen molar-refractivity contribution in [2.75, 3.05) is 5.73 Å². The summed E-state index contributed by atoms with van der Waals surface area (Å²) in [6.45, 7) is 4.51. The summed E-state index contributed by atoms with van der Waals surface area (Å²) in [5.74, 6) is 1.70. The number of rotatable bonds is 2. The topological polar surface area (TPSA) is 56.7 Å². The van der Waals surface area contributed by atoms with Crippen LogP contribution in [0.2, 0.25) is 0 Å². The predicted molar refractivity (Wildman–Crippen MR) is 67.2 cm³/mol. The van der Waals surface area contributed by atoms with E-state index in [1.165, 1.54) is 0 Å². The van der Waals surface area contributed by atoms with Crippen molar-refractivity contribution in [1.29, 1.82) is 0 Å². The molecule has 0 fully saturated rings. The molecule has 2 aromatic rings. The molecule has 0 spiro atoms. The first-order chi connectivity index (χ1) is 7.58. The lowest BCUT2D eigenvalue weighted by atomic mass is 10.2. The highest BCUT2D eigenvalue weighted by Gasteiger charge is 2.07. The van der Waals surface area contributed by atoms with E-state index in [9.17, 15) is 0 Å². The van der Waals surface area contributed by atoms with Gasteiger partial charge in [0.05, 0.1) is 6.54 Å².